The summed E-state index contributed by atoms with van der Waals surface area (Å²) in [7, 11) is 0. The smallest absolute Gasteiger partial charge is 0.336 e. The van der Waals surface area contributed by atoms with E-state index < -0.39 is 5.63 Å². The van der Waals surface area contributed by atoms with E-state index in [9.17, 15) is 9.59 Å². The molecule has 0 unspecified atom stereocenters. The number of fused-ring (bicyclic) bond motifs is 1. The van der Waals surface area contributed by atoms with Gasteiger partial charge in [0, 0.05) is 47.9 Å². The van der Waals surface area contributed by atoms with Crippen molar-refractivity contribution in [2.45, 2.75) is 12.8 Å². The number of rotatable bonds is 5. The van der Waals surface area contributed by atoms with Crippen molar-refractivity contribution in [1.29, 1.82) is 0 Å². The van der Waals surface area contributed by atoms with Gasteiger partial charge in [-0.15, -0.1) is 0 Å². The standard InChI is InChI=1S/C19H14N4O4/c24-16(21-14-2-3-15-13(11-14)1-6-18(25)26-15)4-5-17-22-19(23-27-17)12-7-9-20-10-8-12/h1-3,6-11H,4-5H2,(H,21,24). The van der Waals surface area contributed by atoms with Crippen LogP contribution in [0.25, 0.3) is 22.4 Å². The van der Waals surface area contributed by atoms with Gasteiger partial charge in [0.2, 0.25) is 17.6 Å². The number of nitrogens with one attached hydrogen (secondary N) is 1. The summed E-state index contributed by atoms with van der Waals surface area (Å²) in [4.78, 5) is 31.6. The van der Waals surface area contributed by atoms with Gasteiger partial charge >= 0.3 is 5.63 Å². The fourth-order valence-electron chi connectivity index (χ4n) is 2.57. The molecule has 0 saturated heterocycles. The first-order valence-electron chi connectivity index (χ1n) is 8.24. The number of hydrogen-bond acceptors (Lipinski definition) is 7. The molecule has 1 N–H and O–H groups in total. The van der Waals surface area contributed by atoms with Crippen LogP contribution in [0.3, 0.4) is 0 Å². The molecule has 0 atom stereocenters. The number of hydrogen-bond donors (Lipinski definition) is 1. The third kappa shape index (κ3) is 3.90. The lowest BCUT2D eigenvalue weighted by atomic mass is 10.2. The average Bonchev–Trinajstić information content (AvgIpc) is 3.16. The van der Waals surface area contributed by atoms with Crippen molar-refractivity contribution in [2.24, 2.45) is 0 Å². The van der Waals surface area contributed by atoms with E-state index in [2.05, 4.69) is 20.4 Å². The van der Waals surface area contributed by atoms with Crippen LogP contribution >= 0.6 is 0 Å². The normalized spacial score (nSPS) is 10.8. The summed E-state index contributed by atoms with van der Waals surface area (Å²) in [5, 5.41) is 7.44. The van der Waals surface area contributed by atoms with Crippen LogP contribution in [0.4, 0.5) is 5.69 Å². The summed E-state index contributed by atoms with van der Waals surface area (Å²) < 4.78 is 10.3. The second kappa shape index (κ2) is 7.20. The van der Waals surface area contributed by atoms with Gasteiger partial charge in [0.25, 0.3) is 0 Å². The van der Waals surface area contributed by atoms with Crippen molar-refractivity contribution < 1.29 is 13.7 Å². The van der Waals surface area contributed by atoms with Gasteiger partial charge in [-0.3, -0.25) is 9.78 Å². The molecule has 134 valence electrons. The highest BCUT2D eigenvalue weighted by molar-refractivity contribution is 5.93. The summed E-state index contributed by atoms with van der Waals surface area (Å²) >= 11 is 0. The molecule has 4 aromatic rings. The molecule has 1 amide bonds. The van der Waals surface area contributed by atoms with Crippen molar-refractivity contribution >= 4 is 22.6 Å². The summed E-state index contributed by atoms with van der Waals surface area (Å²) in [6.45, 7) is 0. The minimum Gasteiger partial charge on any atom is -0.423 e. The van der Waals surface area contributed by atoms with E-state index in [1.165, 1.54) is 6.07 Å². The minimum atomic E-state index is -0.412. The maximum Gasteiger partial charge on any atom is 0.336 e. The molecule has 0 saturated carbocycles. The quantitative estimate of drug-likeness (QED) is 0.543. The first kappa shape index (κ1) is 16.6. The molecule has 8 nitrogen and oxygen atoms in total. The maximum absolute atomic E-state index is 12.2. The van der Waals surface area contributed by atoms with Gasteiger partial charge in [-0.25, -0.2) is 4.79 Å². The number of anilines is 1. The Kier molecular flexibility index (Phi) is 4.44. The third-order valence-corrected chi connectivity index (χ3v) is 3.88. The Balaban J connectivity index is 1.38. The minimum absolute atomic E-state index is 0.185. The van der Waals surface area contributed by atoms with Crippen LogP contribution in [0.5, 0.6) is 0 Å². The van der Waals surface area contributed by atoms with Crippen LogP contribution in [-0.2, 0) is 11.2 Å². The lowest BCUT2D eigenvalue weighted by Gasteiger charge is -2.05. The SMILES string of the molecule is O=C(CCc1nc(-c2ccncc2)no1)Nc1ccc2oc(=O)ccc2c1. The van der Waals surface area contributed by atoms with Crippen molar-refractivity contribution in [3.8, 4) is 11.4 Å². The molecule has 0 spiro atoms. The largest absolute Gasteiger partial charge is 0.423 e. The highest BCUT2D eigenvalue weighted by Gasteiger charge is 2.11. The van der Waals surface area contributed by atoms with Gasteiger partial charge < -0.3 is 14.3 Å². The van der Waals surface area contributed by atoms with E-state index in [4.69, 9.17) is 8.94 Å². The fraction of sp³-hybridized carbons (Fsp3) is 0.105. The van der Waals surface area contributed by atoms with Gasteiger partial charge in [-0.05, 0) is 36.4 Å². The molecular weight excluding hydrogens is 348 g/mol. The molecule has 0 aliphatic carbocycles. The number of aromatic nitrogens is 3. The van der Waals surface area contributed by atoms with Crippen molar-refractivity contribution in [3.05, 3.63) is 71.2 Å². The molecule has 0 radical (unpaired) electrons. The van der Waals surface area contributed by atoms with Gasteiger partial charge in [0.05, 0.1) is 0 Å². The number of pyridine rings is 1. The van der Waals surface area contributed by atoms with Crippen LogP contribution in [0.15, 0.2) is 68.6 Å². The number of benzene rings is 1. The Morgan fingerprint density at radius 1 is 1.07 bits per heavy atom. The zero-order valence-corrected chi connectivity index (χ0v) is 14.1. The molecule has 27 heavy (non-hydrogen) atoms. The molecule has 1 aromatic carbocycles. The molecule has 3 heterocycles. The van der Waals surface area contributed by atoms with E-state index in [0.717, 1.165) is 10.9 Å². The fourth-order valence-corrected chi connectivity index (χ4v) is 2.57. The van der Waals surface area contributed by atoms with Gasteiger partial charge in [-0.2, -0.15) is 4.98 Å². The Labute approximate surface area is 152 Å². The first-order valence-corrected chi connectivity index (χ1v) is 8.24. The van der Waals surface area contributed by atoms with Crippen molar-refractivity contribution in [2.75, 3.05) is 5.32 Å². The molecule has 8 heteroatoms. The van der Waals surface area contributed by atoms with Crippen LogP contribution in [0.2, 0.25) is 0 Å². The Morgan fingerprint density at radius 2 is 1.93 bits per heavy atom. The van der Waals surface area contributed by atoms with Crippen LogP contribution in [0, 0.1) is 0 Å². The van der Waals surface area contributed by atoms with Crippen LogP contribution in [0.1, 0.15) is 12.3 Å². The van der Waals surface area contributed by atoms with E-state index in [1.54, 1.807) is 48.8 Å². The van der Waals surface area contributed by atoms with Crippen LogP contribution in [-0.4, -0.2) is 21.0 Å². The second-order valence-electron chi connectivity index (χ2n) is 5.80. The van der Waals surface area contributed by atoms with Gasteiger partial charge in [0.15, 0.2) is 0 Å². The highest BCUT2D eigenvalue weighted by atomic mass is 16.5. The second-order valence-corrected chi connectivity index (χ2v) is 5.80. The number of nitrogens with zero attached hydrogens (tertiary/aromatic N) is 3. The van der Waals surface area contributed by atoms with Crippen molar-refractivity contribution in [3.63, 3.8) is 0 Å². The molecular formula is C19H14N4O4. The molecule has 0 aliphatic rings. The predicted octanol–water partition coefficient (Wildman–Crippen LogP) is 2.81. The molecule has 0 bridgehead atoms. The summed E-state index contributed by atoms with van der Waals surface area (Å²) in [6, 6.07) is 11.6. The molecule has 0 aliphatic heterocycles. The first-order chi connectivity index (χ1) is 13.2. The summed E-state index contributed by atoms with van der Waals surface area (Å²) in [5.74, 6) is 0.663. The zero-order valence-electron chi connectivity index (χ0n) is 14.1. The number of carbonyl (C=O) groups excluding carboxylic acids is 1. The molecule has 4 rings (SSSR count). The van der Waals surface area contributed by atoms with E-state index in [-0.39, 0.29) is 12.3 Å². The maximum atomic E-state index is 12.2. The Morgan fingerprint density at radius 3 is 2.78 bits per heavy atom. The summed E-state index contributed by atoms with van der Waals surface area (Å²) in [6.07, 6.45) is 3.81. The highest BCUT2D eigenvalue weighted by Crippen LogP contribution is 2.18. The van der Waals surface area contributed by atoms with E-state index >= 15 is 0 Å². The third-order valence-electron chi connectivity index (χ3n) is 3.88. The van der Waals surface area contributed by atoms with Crippen LogP contribution < -0.4 is 10.9 Å². The average molecular weight is 362 g/mol. The molecule has 3 aromatic heterocycles. The topological polar surface area (TPSA) is 111 Å². The lowest BCUT2D eigenvalue weighted by Crippen LogP contribution is -2.12. The van der Waals surface area contributed by atoms with Gasteiger partial charge in [0.1, 0.15) is 5.58 Å². The zero-order chi connectivity index (χ0) is 18.6. The van der Waals surface area contributed by atoms with E-state index in [0.29, 0.717) is 29.4 Å². The Hall–Kier alpha value is -3.81. The Bertz CT molecular complexity index is 1150. The van der Waals surface area contributed by atoms with Gasteiger partial charge in [-0.1, -0.05) is 5.16 Å². The van der Waals surface area contributed by atoms with E-state index in [1.807, 2.05) is 0 Å². The lowest BCUT2D eigenvalue weighted by molar-refractivity contribution is -0.116. The predicted molar refractivity (Wildman–Crippen MR) is 97.0 cm³/mol. The number of carbonyl (C=O) groups is 1. The summed E-state index contributed by atoms with van der Waals surface area (Å²) in [5.41, 5.74) is 1.47. The number of amides is 1. The molecule has 0 fully saturated rings. The monoisotopic (exact) mass is 362 g/mol. The number of aryl methyl sites for hydroxylation is 1. The van der Waals surface area contributed by atoms with Crippen molar-refractivity contribution in [1.82, 2.24) is 15.1 Å².